The van der Waals surface area contributed by atoms with Gasteiger partial charge in [-0.3, -0.25) is 4.79 Å². The summed E-state index contributed by atoms with van der Waals surface area (Å²) in [6.45, 7) is 0.252. The van der Waals surface area contributed by atoms with E-state index in [-0.39, 0.29) is 24.0 Å². The highest BCUT2D eigenvalue weighted by Crippen LogP contribution is 2.21. The van der Waals surface area contributed by atoms with Crippen LogP contribution in [-0.4, -0.2) is 21.8 Å². The predicted molar refractivity (Wildman–Crippen MR) is 92.6 cm³/mol. The summed E-state index contributed by atoms with van der Waals surface area (Å²) in [5.41, 5.74) is 0.950. The van der Waals surface area contributed by atoms with E-state index in [2.05, 4.69) is 10.3 Å². The first-order valence-electron chi connectivity index (χ1n) is 7.39. The van der Waals surface area contributed by atoms with E-state index in [1.165, 1.54) is 11.8 Å². The van der Waals surface area contributed by atoms with Gasteiger partial charge in [0.2, 0.25) is 11.8 Å². The minimum Gasteiger partial charge on any atom is -0.508 e. The second-order valence-electron chi connectivity index (χ2n) is 5.04. The fourth-order valence-corrected chi connectivity index (χ4v) is 2.77. The number of aromatic nitrogens is 1. The molecule has 24 heavy (non-hydrogen) atoms. The second kappa shape index (κ2) is 7.70. The number of amides is 1. The van der Waals surface area contributed by atoms with Gasteiger partial charge in [0.05, 0.1) is 18.5 Å². The molecule has 122 valence electrons. The molecular weight excluding hydrogens is 324 g/mol. The molecule has 0 saturated carbocycles. The molecule has 2 aromatic carbocycles. The summed E-state index contributed by atoms with van der Waals surface area (Å²) in [5.74, 6) is 1.54. The fraction of sp³-hybridized carbons (Fsp3) is 0.111. The van der Waals surface area contributed by atoms with Gasteiger partial charge < -0.3 is 14.8 Å². The Kier molecular flexibility index (Phi) is 5.18. The first-order chi connectivity index (χ1) is 11.7. The Morgan fingerprint density at radius 1 is 1.12 bits per heavy atom. The number of hydrogen-bond acceptors (Lipinski definition) is 5. The highest BCUT2D eigenvalue weighted by atomic mass is 32.2. The first-order valence-corrected chi connectivity index (χ1v) is 8.38. The highest BCUT2D eigenvalue weighted by Gasteiger charge is 2.08. The molecule has 1 heterocycles. The summed E-state index contributed by atoms with van der Waals surface area (Å²) in [5, 5.41) is 12.0. The smallest absolute Gasteiger partial charge is 0.230 e. The number of thioether (sulfide) groups is 1. The predicted octanol–water partition coefficient (Wildman–Crippen LogP) is 3.46. The SMILES string of the molecule is O=C(CSc1ccc(O)cc1)NCc1ncc(-c2ccccc2)o1. The average molecular weight is 340 g/mol. The van der Waals surface area contributed by atoms with Crippen LogP contribution in [0.2, 0.25) is 0 Å². The van der Waals surface area contributed by atoms with Crippen molar-refractivity contribution in [1.29, 1.82) is 0 Å². The van der Waals surface area contributed by atoms with Gasteiger partial charge in [0.25, 0.3) is 0 Å². The Morgan fingerprint density at radius 2 is 1.88 bits per heavy atom. The number of aromatic hydroxyl groups is 1. The van der Waals surface area contributed by atoms with Crippen LogP contribution in [0.5, 0.6) is 5.75 Å². The van der Waals surface area contributed by atoms with Crippen molar-refractivity contribution in [2.24, 2.45) is 0 Å². The third-order valence-corrected chi connectivity index (χ3v) is 4.27. The lowest BCUT2D eigenvalue weighted by Gasteiger charge is -2.03. The number of nitrogens with zero attached hydrogens (tertiary/aromatic N) is 1. The molecular formula is C18H16N2O3S. The number of phenolic OH excluding ortho intramolecular Hbond substituents is 1. The summed E-state index contributed by atoms with van der Waals surface area (Å²) < 4.78 is 5.64. The van der Waals surface area contributed by atoms with E-state index in [1.54, 1.807) is 30.5 Å². The number of carbonyl (C=O) groups excluding carboxylic acids is 1. The van der Waals surface area contributed by atoms with E-state index in [0.29, 0.717) is 11.7 Å². The molecule has 3 aromatic rings. The van der Waals surface area contributed by atoms with Crippen LogP contribution < -0.4 is 5.32 Å². The quantitative estimate of drug-likeness (QED) is 0.672. The Hall–Kier alpha value is -2.73. The van der Waals surface area contributed by atoms with Gasteiger partial charge in [-0.1, -0.05) is 30.3 Å². The Morgan fingerprint density at radius 3 is 2.62 bits per heavy atom. The van der Waals surface area contributed by atoms with E-state index in [1.807, 2.05) is 30.3 Å². The lowest BCUT2D eigenvalue weighted by atomic mass is 10.2. The van der Waals surface area contributed by atoms with Gasteiger partial charge in [0.1, 0.15) is 5.75 Å². The molecule has 6 heteroatoms. The van der Waals surface area contributed by atoms with Crippen molar-refractivity contribution in [2.75, 3.05) is 5.75 Å². The maximum Gasteiger partial charge on any atom is 0.230 e. The summed E-state index contributed by atoms with van der Waals surface area (Å²) in [7, 11) is 0. The van der Waals surface area contributed by atoms with Crippen LogP contribution in [0.3, 0.4) is 0 Å². The second-order valence-corrected chi connectivity index (χ2v) is 6.09. The van der Waals surface area contributed by atoms with Crippen LogP contribution in [0.15, 0.2) is 70.1 Å². The van der Waals surface area contributed by atoms with Gasteiger partial charge in [-0.25, -0.2) is 4.98 Å². The average Bonchev–Trinajstić information content (AvgIpc) is 3.09. The Bertz CT molecular complexity index is 801. The van der Waals surface area contributed by atoms with Crippen LogP contribution in [-0.2, 0) is 11.3 Å². The zero-order chi connectivity index (χ0) is 16.8. The molecule has 0 aliphatic heterocycles. The maximum atomic E-state index is 11.9. The lowest BCUT2D eigenvalue weighted by Crippen LogP contribution is -2.24. The molecule has 5 nitrogen and oxygen atoms in total. The summed E-state index contributed by atoms with van der Waals surface area (Å²) in [4.78, 5) is 17.0. The third kappa shape index (κ3) is 4.39. The van der Waals surface area contributed by atoms with E-state index in [4.69, 9.17) is 4.42 Å². The number of benzene rings is 2. The largest absolute Gasteiger partial charge is 0.508 e. The van der Waals surface area contributed by atoms with Crippen LogP contribution in [0, 0.1) is 0 Å². The summed E-state index contributed by atoms with van der Waals surface area (Å²) >= 11 is 1.40. The minimum absolute atomic E-state index is 0.104. The monoisotopic (exact) mass is 340 g/mol. The zero-order valence-electron chi connectivity index (χ0n) is 12.8. The standard InChI is InChI=1S/C18H16N2O3S/c21-14-6-8-15(9-7-14)24-12-17(22)19-11-18-20-10-16(23-18)13-4-2-1-3-5-13/h1-10,21H,11-12H2,(H,19,22). The van der Waals surface area contributed by atoms with Crippen molar-refractivity contribution in [3.63, 3.8) is 0 Å². The number of rotatable bonds is 6. The molecule has 0 atom stereocenters. The molecule has 1 aromatic heterocycles. The van der Waals surface area contributed by atoms with Gasteiger partial charge in [-0.2, -0.15) is 0 Å². The first kappa shape index (κ1) is 16.1. The minimum atomic E-state index is -0.104. The van der Waals surface area contributed by atoms with Crippen LogP contribution in [0.25, 0.3) is 11.3 Å². The van der Waals surface area contributed by atoms with Gasteiger partial charge in [0.15, 0.2) is 5.76 Å². The van der Waals surface area contributed by atoms with E-state index >= 15 is 0 Å². The molecule has 0 radical (unpaired) electrons. The summed E-state index contributed by atoms with van der Waals surface area (Å²) in [6, 6.07) is 16.4. The van der Waals surface area contributed by atoms with Crippen molar-refractivity contribution in [1.82, 2.24) is 10.3 Å². The summed E-state index contributed by atoms with van der Waals surface area (Å²) in [6.07, 6.45) is 1.65. The third-order valence-electron chi connectivity index (χ3n) is 3.26. The molecule has 0 unspecified atom stereocenters. The molecule has 0 aliphatic rings. The number of hydrogen-bond donors (Lipinski definition) is 2. The molecule has 0 fully saturated rings. The molecule has 2 N–H and O–H groups in total. The van der Waals surface area contributed by atoms with E-state index in [9.17, 15) is 9.90 Å². The van der Waals surface area contributed by atoms with Gasteiger partial charge in [-0.05, 0) is 24.3 Å². The highest BCUT2D eigenvalue weighted by molar-refractivity contribution is 8.00. The van der Waals surface area contributed by atoms with E-state index < -0.39 is 0 Å². The molecule has 0 saturated heterocycles. The lowest BCUT2D eigenvalue weighted by molar-refractivity contribution is -0.118. The fourth-order valence-electron chi connectivity index (χ4n) is 2.04. The van der Waals surface area contributed by atoms with Crippen molar-refractivity contribution >= 4 is 17.7 Å². The topological polar surface area (TPSA) is 75.4 Å². The number of oxazole rings is 1. The van der Waals surface area contributed by atoms with Gasteiger partial charge >= 0.3 is 0 Å². The maximum absolute atomic E-state index is 11.9. The van der Waals surface area contributed by atoms with Crippen molar-refractivity contribution in [2.45, 2.75) is 11.4 Å². The molecule has 0 aliphatic carbocycles. The Balaban J connectivity index is 1.48. The van der Waals surface area contributed by atoms with Crippen LogP contribution in [0.4, 0.5) is 0 Å². The van der Waals surface area contributed by atoms with Crippen LogP contribution >= 0.6 is 11.8 Å². The molecule has 0 spiro atoms. The zero-order valence-corrected chi connectivity index (χ0v) is 13.6. The van der Waals surface area contributed by atoms with E-state index in [0.717, 1.165) is 10.5 Å². The molecule has 3 rings (SSSR count). The number of nitrogens with one attached hydrogen (secondary N) is 1. The van der Waals surface area contributed by atoms with Crippen molar-refractivity contribution in [3.8, 4) is 17.1 Å². The normalized spacial score (nSPS) is 10.5. The number of carbonyl (C=O) groups is 1. The van der Waals surface area contributed by atoms with Gasteiger partial charge in [0, 0.05) is 10.5 Å². The van der Waals surface area contributed by atoms with Crippen LogP contribution in [0.1, 0.15) is 5.89 Å². The Labute approximate surface area is 143 Å². The molecule has 1 amide bonds. The number of phenols is 1. The van der Waals surface area contributed by atoms with Crippen molar-refractivity contribution in [3.05, 3.63) is 66.7 Å². The van der Waals surface area contributed by atoms with Crippen molar-refractivity contribution < 1.29 is 14.3 Å². The van der Waals surface area contributed by atoms with Gasteiger partial charge in [-0.15, -0.1) is 11.8 Å². The molecule has 0 bridgehead atoms.